The molecular formula is C24H36N6O4. The molecule has 186 valence electrons. The SMILES string of the molecule is C[N+](C)(CCCCCC[N+](C)(C)CCCOC(=O)C(=C=[N-])C#N)CCCOC(=O)C(=C=[N-])C#N. The van der Waals surface area contributed by atoms with Gasteiger partial charge in [0.25, 0.3) is 0 Å². The molecule has 0 spiro atoms. The number of carbonyl (C=O) groups excluding carboxylic acids is 2. The zero-order valence-corrected chi connectivity index (χ0v) is 20.8. The smallest absolute Gasteiger partial charge is 0.355 e. The van der Waals surface area contributed by atoms with Crippen molar-refractivity contribution in [1.82, 2.24) is 0 Å². The maximum atomic E-state index is 11.5. The first-order valence-electron chi connectivity index (χ1n) is 11.3. The van der Waals surface area contributed by atoms with Crippen molar-refractivity contribution in [3.63, 3.8) is 0 Å². The minimum absolute atomic E-state index is 0.190. The molecule has 0 aromatic rings. The van der Waals surface area contributed by atoms with E-state index in [1.165, 1.54) is 23.9 Å². The number of unbranched alkanes of at least 4 members (excludes halogenated alkanes) is 3. The van der Waals surface area contributed by atoms with Gasteiger partial charge in [0.2, 0.25) is 0 Å². The summed E-state index contributed by atoms with van der Waals surface area (Å²) < 4.78 is 11.5. The third-order valence-electron chi connectivity index (χ3n) is 5.41. The Morgan fingerprint density at radius 2 is 0.971 bits per heavy atom. The van der Waals surface area contributed by atoms with Crippen LogP contribution in [0, 0.1) is 22.7 Å². The summed E-state index contributed by atoms with van der Waals surface area (Å²) >= 11 is 0. The highest BCUT2D eigenvalue weighted by molar-refractivity contribution is 6.03. The standard InChI is InChI=1S/C24H36N6O4/c1-29(2,13-9-15-33-23(31)21(17-25)18-26)11-7-5-6-8-12-30(3,4)14-10-16-34-24(32)22(19-27)20-28/h5-16H2,1-4H3. The van der Waals surface area contributed by atoms with Crippen LogP contribution < -0.4 is 0 Å². The number of ether oxygens (including phenoxy) is 2. The van der Waals surface area contributed by atoms with Gasteiger partial charge in [-0.25, -0.2) is 21.3 Å². The average Bonchev–Trinajstić information content (AvgIpc) is 2.78. The van der Waals surface area contributed by atoms with E-state index in [1.807, 2.05) is 0 Å². The molecule has 34 heavy (non-hydrogen) atoms. The molecule has 0 N–H and O–H groups in total. The topological polar surface area (TPSA) is 145 Å². The molecule has 0 atom stereocenters. The number of hydrogen-bond acceptors (Lipinski definition) is 6. The van der Waals surface area contributed by atoms with Gasteiger partial charge in [0.1, 0.15) is 12.1 Å². The molecule has 10 nitrogen and oxygen atoms in total. The van der Waals surface area contributed by atoms with E-state index in [-0.39, 0.29) is 13.2 Å². The third kappa shape index (κ3) is 14.0. The van der Waals surface area contributed by atoms with E-state index >= 15 is 0 Å². The zero-order chi connectivity index (χ0) is 26.0. The van der Waals surface area contributed by atoms with E-state index < -0.39 is 23.1 Å². The number of quaternary nitrogens is 2. The average molecular weight is 473 g/mol. The molecule has 0 aromatic heterocycles. The van der Waals surface area contributed by atoms with E-state index in [9.17, 15) is 9.59 Å². The Kier molecular flexibility index (Phi) is 14.8. The van der Waals surface area contributed by atoms with Crippen LogP contribution in [-0.2, 0) is 19.1 Å². The first kappa shape index (κ1) is 30.7. The Morgan fingerprint density at radius 1 is 0.647 bits per heavy atom. The quantitative estimate of drug-likeness (QED) is 0.0790. The first-order valence-corrected chi connectivity index (χ1v) is 11.3. The van der Waals surface area contributed by atoms with Gasteiger partial charge in [0.15, 0.2) is 11.1 Å². The fourth-order valence-electron chi connectivity index (χ4n) is 3.35. The summed E-state index contributed by atoms with van der Waals surface area (Å²) in [7, 11) is 8.52. The Balaban J connectivity index is 3.96. The van der Waals surface area contributed by atoms with Crippen LogP contribution in [0.25, 0.3) is 10.8 Å². The van der Waals surface area contributed by atoms with Gasteiger partial charge in [0.05, 0.1) is 67.6 Å². The van der Waals surface area contributed by atoms with E-state index in [4.69, 9.17) is 30.8 Å². The molecule has 0 aliphatic heterocycles. The predicted octanol–water partition coefficient (Wildman–Crippen LogP) is 1.94. The van der Waals surface area contributed by atoms with Gasteiger partial charge in [0, 0.05) is 12.8 Å². The van der Waals surface area contributed by atoms with Gasteiger partial charge in [-0.3, -0.25) is 0 Å². The summed E-state index contributed by atoms with van der Waals surface area (Å²) in [4.78, 5) is 22.9. The molecule has 0 rings (SSSR count). The summed E-state index contributed by atoms with van der Waals surface area (Å²) in [5.41, 5.74) is -1.05. The van der Waals surface area contributed by atoms with E-state index in [0.717, 1.165) is 60.8 Å². The second-order valence-electron chi connectivity index (χ2n) is 9.36. The lowest BCUT2D eigenvalue weighted by Crippen LogP contribution is -2.42. The Bertz CT molecular complexity index is 797. The highest BCUT2D eigenvalue weighted by Crippen LogP contribution is 2.10. The number of nitrogens with zero attached hydrogens (tertiary/aromatic N) is 6. The molecule has 0 saturated carbocycles. The highest BCUT2D eigenvalue weighted by atomic mass is 16.5. The fourth-order valence-corrected chi connectivity index (χ4v) is 3.35. The van der Waals surface area contributed by atoms with Crippen molar-refractivity contribution in [3.05, 3.63) is 22.0 Å². The molecular weight excluding hydrogens is 436 g/mol. The minimum atomic E-state index is -0.858. The van der Waals surface area contributed by atoms with Gasteiger partial charge < -0.3 is 29.3 Å². The largest absolute Gasteiger partial charge is 0.762 e. The number of nitriles is 2. The molecule has 0 aliphatic carbocycles. The predicted molar refractivity (Wildman–Crippen MR) is 128 cm³/mol. The molecule has 0 fully saturated rings. The molecule has 0 bridgehead atoms. The number of carbonyl (C=O) groups is 2. The van der Waals surface area contributed by atoms with Gasteiger partial charge in [-0.05, 0) is 25.7 Å². The van der Waals surface area contributed by atoms with Crippen molar-refractivity contribution in [2.45, 2.75) is 38.5 Å². The second-order valence-corrected chi connectivity index (χ2v) is 9.36. The fraction of sp³-hybridized carbons (Fsp3) is 0.667. The first-order chi connectivity index (χ1) is 16.0. The molecule has 0 unspecified atom stereocenters. The van der Waals surface area contributed by atoms with Crippen LogP contribution in [0.2, 0.25) is 0 Å². The lowest BCUT2D eigenvalue weighted by atomic mass is 10.1. The van der Waals surface area contributed by atoms with Crippen molar-refractivity contribution in [2.24, 2.45) is 0 Å². The Hall–Kier alpha value is -3.26. The molecule has 0 radical (unpaired) electrons. The molecule has 0 aliphatic rings. The third-order valence-corrected chi connectivity index (χ3v) is 5.41. The van der Waals surface area contributed by atoms with E-state index in [2.05, 4.69) is 28.2 Å². The van der Waals surface area contributed by atoms with Gasteiger partial charge in [-0.2, -0.15) is 10.5 Å². The monoisotopic (exact) mass is 472 g/mol. The van der Waals surface area contributed by atoms with Crippen LogP contribution >= 0.6 is 0 Å². The van der Waals surface area contributed by atoms with Crippen LogP contribution in [0.15, 0.2) is 11.1 Å². The van der Waals surface area contributed by atoms with Crippen LogP contribution in [-0.4, -0.2) is 100 Å². The minimum Gasteiger partial charge on any atom is -0.762 e. The van der Waals surface area contributed by atoms with E-state index in [1.54, 1.807) is 0 Å². The zero-order valence-electron chi connectivity index (χ0n) is 20.8. The molecule has 0 heterocycles. The van der Waals surface area contributed by atoms with Gasteiger partial charge >= 0.3 is 11.9 Å². The van der Waals surface area contributed by atoms with Crippen molar-refractivity contribution < 1.29 is 28.0 Å². The summed E-state index contributed by atoms with van der Waals surface area (Å²) in [5, 5.41) is 34.5. The summed E-state index contributed by atoms with van der Waals surface area (Å²) in [6.45, 7) is 4.06. The normalized spacial score (nSPS) is 10.8. The van der Waals surface area contributed by atoms with Crippen molar-refractivity contribution in [3.8, 4) is 12.1 Å². The van der Waals surface area contributed by atoms with Gasteiger partial charge in [-0.15, -0.1) is 0 Å². The number of rotatable bonds is 17. The lowest BCUT2D eigenvalue weighted by Gasteiger charge is -2.30. The molecule has 10 heteroatoms. The lowest BCUT2D eigenvalue weighted by molar-refractivity contribution is -0.891. The number of hydrogen-bond donors (Lipinski definition) is 0. The van der Waals surface area contributed by atoms with Crippen LogP contribution in [0.5, 0.6) is 0 Å². The maximum absolute atomic E-state index is 11.5. The van der Waals surface area contributed by atoms with Gasteiger partial charge in [-0.1, -0.05) is 0 Å². The molecule has 0 amide bonds. The van der Waals surface area contributed by atoms with Crippen molar-refractivity contribution in [1.29, 1.82) is 10.5 Å². The maximum Gasteiger partial charge on any atom is 0.355 e. The Labute approximate surface area is 202 Å². The molecule has 0 aromatic carbocycles. The van der Waals surface area contributed by atoms with Crippen LogP contribution in [0.1, 0.15) is 38.5 Å². The van der Waals surface area contributed by atoms with E-state index in [0.29, 0.717) is 12.8 Å². The van der Waals surface area contributed by atoms with Crippen LogP contribution in [0.4, 0.5) is 0 Å². The summed E-state index contributed by atoms with van der Waals surface area (Å²) in [6.07, 6.45) is 5.75. The van der Waals surface area contributed by atoms with Crippen molar-refractivity contribution in [2.75, 3.05) is 67.6 Å². The van der Waals surface area contributed by atoms with Crippen molar-refractivity contribution >= 4 is 23.7 Å². The molecule has 0 saturated heterocycles. The Morgan fingerprint density at radius 3 is 1.26 bits per heavy atom. The highest BCUT2D eigenvalue weighted by Gasteiger charge is 2.17. The summed E-state index contributed by atoms with van der Waals surface area (Å²) in [5.74, 6) is 1.33. The van der Waals surface area contributed by atoms with Crippen LogP contribution in [0.3, 0.4) is 0 Å². The second kappa shape index (κ2) is 16.4. The summed E-state index contributed by atoms with van der Waals surface area (Å²) in [6, 6.07) is 3.05. The number of esters is 2.